The maximum Gasteiger partial charge on any atom is 0.336 e. The fourth-order valence-corrected chi connectivity index (χ4v) is 5.48. The van der Waals surface area contributed by atoms with E-state index in [9.17, 15) is 9.59 Å². The minimum absolute atomic E-state index is 0.102. The molecule has 184 valence electrons. The zero-order valence-electron chi connectivity index (χ0n) is 20.6. The monoisotopic (exact) mass is 539 g/mol. The van der Waals surface area contributed by atoms with E-state index in [2.05, 4.69) is 27.3 Å². The number of allylic oxidation sites excluding steroid dienone is 3. The molecule has 1 N–H and O–H groups in total. The molecule has 1 heterocycles. The van der Waals surface area contributed by atoms with Gasteiger partial charge in [0.05, 0.1) is 30.2 Å². The van der Waals surface area contributed by atoms with Gasteiger partial charge in [-0.1, -0.05) is 38.1 Å². The summed E-state index contributed by atoms with van der Waals surface area (Å²) in [5.41, 5.74) is 3.43. The number of hydrogen-bond acceptors (Lipinski definition) is 6. The number of esters is 1. The normalized spacial score (nSPS) is 21.0. The summed E-state index contributed by atoms with van der Waals surface area (Å²) in [6.07, 6.45) is 2.53. The number of carbonyl (C=O) groups excluding carboxylic acids is 2. The third-order valence-corrected chi connectivity index (χ3v) is 7.14. The van der Waals surface area contributed by atoms with Crippen LogP contribution in [0.4, 0.5) is 0 Å². The molecule has 7 heteroatoms. The van der Waals surface area contributed by atoms with Crippen molar-refractivity contribution < 1.29 is 23.8 Å². The van der Waals surface area contributed by atoms with Crippen LogP contribution in [-0.4, -0.2) is 26.0 Å². The predicted octanol–water partition coefficient (Wildman–Crippen LogP) is 5.67. The van der Waals surface area contributed by atoms with Crippen LogP contribution in [-0.2, 0) is 20.9 Å². The molecule has 2 aromatic carbocycles. The summed E-state index contributed by atoms with van der Waals surface area (Å²) in [7, 11) is 3.21. The van der Waals surface area contributed by atoms with Crippen LogP contribution in [0.15, 0.2) is 70.0 Å². The Morgan fingerprint density at radius 2 is 1.80 bits per heavy atom. The lowest BCUT2D eigenvalue weighted by Crippen LogP contribution is -2.43. The predicted molar refractivity (Wildman–Crippen MR) is 137 cm³/mol. The zero-order valence-corrected chi connectivity index (χ0v) is 22.2. The van der Waals surface area contributed by atoms with Gasteiger partial charge in [-0.2, -0.15) is 0 Å². The summed E-state index contributed by atoms with van der Waals surface area (Å²) in [5.74, 6) is 0.105. The topological polar surface area (TPSA) is 73.9 Å². The van der Waals surface area contributed by atoms with Gasteiger partial charge in [0.25, 0.3) is 0 Å². The molecule has 2 atom stereocenters. The van der Waals surface area contributed by atoms with E-state index in [0.29, 0.717) is 23.4 Å². The van der Waals surface area contributed by atoms with Crippen LogP contribution in [0.3, 0.4) is 0 Å². The summed E-state index contributed by atoms with van der Waals surface area (Å²) in [4.78, 5) is 26.9. The Balaban J connectivity index is 1.73. The van der Waals surface area contributed by atoms with Crippen LogP contribution in [0.25, 0.3) is 0 Å². The van der Waals surface area contributed by atoms with Crippen molar-refractivity contribution in [3.63, 3.8) is 0 Å². The van der Waals surface area contributed by atoms with Gasteiger partial charge in [0.2, 0.25) is 0 Å². The minimum atomic E-state index is -0.490. The first-order chi connectivity index (χ1) is 16.6. The summed E-state index contributed by atoms with van der Waals surface area (Å²) in [6, 6.07) is 13.0. The molecule has 6 nitrogen and oxygen atoms in total. The van der Waals surface area contributed by atoms with E-state index in [-0.39, 0.29) is 17.8 Å². The lowest BCUT2D eigenvalue weighted by Gasteiger charge is -2.41. The molecule has 2 aromatic rings. The summed E-state index contributed by atoms with van der Waals surface area (Å²) < 4.78 is 17.1. The van der Waals surface area contributed by atoms with Gasteiger partial charge < -0.3 is 19.5 Å². The molecule has 0 bridgehead atoms. The number of methoxy groups -OCH3 is 2. The maximum absolute atomic E-state index is 13.5. The molecule has 2 unspecified atom stereocenters. The van der Waals surface area contributed by atoms with Gasteiger partial charge in [-0.3, -0.25) is 4.79 Å². The highest BCUT2D eigenvalue weighted by atomic mass is 79.9. The van der Waals surface area contributed by atoms with Crippen molar-refractivity contribution in [3.05, 3.63) is 81.1 Å². The molecule has 2 aliphatic rings. The van der Waals surface area contributed by atoms with Gasteiger partial charge in [0.1, 0.15) is 23.9 Å². The van der Waals surface area contributed by atoms with Crippen molar-refractivity contribution in [3.8, 4) is 11.5 Å². The van der Waals surface area contributed by atoms with Gasteiger partial charge in [0, 0.05) is 23.7 Å². The van der Waals surface area contributed by atoms with Crippen LogP contribution in [0.2, 0.25) is 0 Å². The number of benzene rings is 2. The lowest BCUT2D eigenvalue weighted by atomic mass is 9.66. The molecule has 0 amide bonds. The second-order valence-corrected chi connectivity index (χ2v) is 10.5. The molecule has 0 aromatic heterocycles. The third-order valence-electron chi connectivity index (χ3n) is 6.52. The first kappa shape index (κ1) is 25.0. The van der Waals surface area contributed by atoms with Gasteiger partial charge in [0.15, 0.2) is 0 Å². The summed E-state index contributed by atoms with van der Waals surface area (Å²) in [5, 5.41) is 3.35. The Hall–Kier alpha value is -3.06. The highest BCUT2D eigenvalue weighted by Crippen LogP contribution is 2.47. The fourth-order valence-electron chi connectivity index (χ4n) is 4.92. The number of carbonyl (C=O) groups is 2. The van der Waals surface area contributed by atoms with Crippen molar-refractivity contribution in [2.24, 2.45) is 11.3 Å². The molecule has 0 spiro atoms. The van der Waals surface area contributed by atoms with Crippen LogP contribution in [0.5, 0.6) is 11.5 Å². The highest BCUT2D eigenvalue weighted by Gasteiger charge is 2.46. The van der Waals surface area contributed by atoms with E-state index in [1.165, 1.54) is 0 Å². The minimum Gasteiger partial charge on any atom is -0.497 e. The molecule has 35 heavy (non-hydrogen) atoms. The number of halogens is 1. The van der Waals surface area contributed by atoms with Crippen LogP contribution in [0.1, 0.15) is 44.2 Å². The molecule has 0 saturated heterocycles. The molecule has 4 rings (SSSR count). The van der Waals surface area contributed by atoms with Gasteiger partial charge >= 0.3 is 5.97 Å². The van der Waals surface area contributed by atoms with Crippen molar-refractivity contribution >= 4 is 27.7 Å². The maximum atomic E-state index is 13.5. The summed E-state index contributed by atoms with van der Waals surface area (Å²) >= 11 is 3.56. The Morgan fingerprint density at radius 1 is 1.09 bits per heavy atom. The molecule has 0 saturated carbocycles. The largest absolute Gasteiger partial charge is 0.497 e. The number of hydrogen-bond donors (Lipinski definition) is 1. The molecule has 1 aliphatic heterocycles. The van der Waals surface area contributed by atoms with Gasteiger partial charge in [-0.15, -0.1) is 0 Å². The van der Waals surface area contributed by atoms with E-state index in [1.54, 1.807) is 14.2 Å². The molecule has 0 radical (unpaired) electrons. The Labute approximate surface area is 214 Å². The van der Waals surface area contributed by atoms with E-state index in [4.69, 9.17) is 14.2 Å². The average Bonchev–Trinajstić information content (AvgIpc) is 2.81. The number of ketones is 1. The number of ether oxygens (including phenoxy) is 3. The molecular weight excluding hydrogens is 510 g/mol. The van der Waals surface area contributed by atoms with Crippen molar-refractivity contribution in [2.45, 2.75) is 39.7 Å². The Kier molecular flexibility index (Phi) is 7.08. The SMILES string of the molecule is COc1ccc(COC(=O)C2=C(C)NC3=CC(C)(C)CC(=O)C3C2c2ccc(OC)c(Br)c2)cc1. The first-order valence-electron chi connectivity index (χ1n) is 11.5. The van der Waals surface area contributed by atoms with Crippen LogP contribution < -0.4 is 14.8 Å². The van der Waals surface area contributed by atoms with E-state index in [0.717, 1.165) is 27.0 Å². The van der Waals surface area contributed by atoms with E-state index >= 15 is 0 Å². The smallest absolute Gasteiger partial charge is 0.336 e. The van der Waals surface area contributed by atoms with Crippen LogP contribution >= 0.6 is 15.9 Å². The zero-order chi connectivity index (χ0) is 25.3. The molecule has 1 aliphatic carbocycles. The number of nitrogens with one attached hydrogen (secondary N) is 1. The quantitative estimate of drug-likeness (QED) is 0.476. The average molecular weight is 540 g/mol. The molecular formula is C28H30BrNO5. The van der Waals surface area contributed by atoms with E-state index < -0.39 is 17.8 Å². The fraction of sp³-hybridized carbons (Fsp3) is 0.357. The van der Waals surface area contributed by atoms with Crippen molar-refractivity contribution in [1.29, 1.82) is 0 Å². The van der Waals surface area contributed by atoms with Gasteiger partial charge in [-0.05, 0) is 63.7 Å². The Bertz CT molecular complexity index is 1210. The third kappa shape index (κ3) is 5.15. The van der Waals surface area contributed by atoms with Crippen LogP contribution in [0, 0.1) is 11.3 Å². The second kappa shape index (κ2) is 9.90. The second-order valence-electron chi connectivity index (χ2n) is 9.67. The Morgan fingerprint density at radius 3 is 2.43 bits per heavy atom. The molecule has 0 fully saturated rings. The number of Topliss-reactive ketones (excluding diaryl/α,β-unsaturated/α-hetero) is 1. The lowest BCUT2D eigenvalue weighted by molar-refractivity contribution is -0.141. The standard InChI is InChI=1S/C28H30BrNO5/c1-16-24(27(32)35-15-17-6-9-19(33-4)10-7-17)25(18-8-11-23(34-5)20(29)12-18)26-21(30-16)13-28(2,3)14-22(26)31/h6-13,25-26,30H,14-15H2,1-5H3. The van der Waals surface area contributed by atoms with Crippen molar-refractivity contribution in [1.82, 2.24) is 5.32 Å². The summed E-state index contributed by atoms with van der Waals surface area (Å²) in [6.45, 7) is 6.07. The first-order valence-corrected chi connectivity index (χ1v) is 12.3. The number of fused-ring (bicyclic) bond motifs is 1. The van der Waals surface area contributed by atoms with E-state index in [1.807, 2.05) is 63.2 Å². The van der Waals surface area contributed by atoms with Gasteiger partial charge in [-0.25, -0.2) is 4.79 Å². The van der Waals surface area contributed by atoms with Crippen molar-refractivity contribution in [2.75, 3.05) is 14.2 Å². The highest BCUT2D eigenvalue weighted by molar-refractivity contribution is 9.10. The number of rotatable bonds is 6.